The molecule has 3 amide bonds. The number of piperazine rings is 1. The second kappa shape index (κ2) is 11.5. The average molecular weight is 546 g/mol. The zero-order chi connectivity index (χ0) is 27.4. The van der Waals surface area contributed by atoms with E-state index in [1.807, 2.05) is 23.4 Å². The van der Waals surface area contributed by atoms with E-state index in [1.54, 1.807) is 16.5 Å². The molecular formula is C26H27N9O3S. The Morgan fingerprint density at radius 3 is 2.87 bits per heavy atom. The summed E-state index contributed by atoms with van der Waals surface area (Å²) in [6.07, 6.45) is 3.49. The van der Waals surface area contributed by atoms with E-state index in [0.717, 1.165) is 24.2 Å². The van der Waals surface area contributed by atoms with Crippen LogP contribution < -0.4 is 15.5 Å². The first-order chi connectivity index (χ1) is 18.9. The van der Waals surface area contributed by atoms with E-state index in [9.17, 15) is 19.6 Å². The summed E-state index contributed by atoms with van der Waals surface area (Å²) < 4.78 is 0. The van der Waals surface area contributed by atoms with Gasteiger partial charge in [-0.05, 0) is 31.5 Å². The monoisotopic (exact) mass is 545 g/mol. The first-order valence-electron chi connectivity index (χ1n) is 12.5. The average Bonchev–Trinajstić information content (AvgIpc) is 3.46. The molecular weight excluding hydrogens is 518 g/mol. The van der Waals surface area contributed by atoms with Crippen molar-refractivity contribution in [3.63, 3.8) is 0 Å². The van der Waals surface area contributed by atoms with Crippen LogP contribution >= 0.6 is 11.3 Å². The molecule has 0 spiro atoms. The maximum atomic E-state index is 13.3. The lowest BCUT2D eigenvalue weighted by atomic mass is 10.0. The van der Waals surface area contributed by atoms with Crippen LogP contribution in [-0.2, 0) is 24.3 Å². The molecule has 2 aliphatic rings. The van der Waals surface area contributed by atoms with E-state index >= 15 is 0 Å². The van der Waals surface area contributed by atoms with Crippen LogP contribution in [0.15, 0.2) is 29.2 Å². The largest absolute Gasteiger partial charge is 0.378 e. The number of carbonyl (C=O) groups is 3. The van der Waals surface area contributed by atoms with Gasteiger partial charge in [0, 0.05) is 49.4 Å². The highest BCUT2D eigenvalue weighted by molar-refractivity contribution is 7.07. The van der Waals surface area contributed by atoms with E-state index in [0.29, 0.717) is 68.1 Å². The van der Waals surface area contributed by atoms with Crippen molar-refractivity contribution >= 4 is 46.9 Å². The minimum Gasteiger partial charge on any atom is -0.378 e. The molecule has 12 nitrogen and oxygen atoms in total. The molecule has 2 N–H and O–H groups in total. The third-order valence-corrected chi connectivity index (χ3v) is 7.34. The first kappa shape index (κ1) is 26.2. The van der Waals surface area contributed by atoms with Crippen molar-refractivity contribution in [2.24, 2.45) is 0 Å². The smallest absolute Gasteiger partial charge is 0.328 e. The molecule has 0 saturated carbocycles. The predicted octanol–water partition coefficient (Wildman–Crippen LogP) is 2.49. The standard InChI is InChI=1S/C26H27N9O3S/c1-33-5-6-34(24(37)13-33)12-18-7-17-3-2-4-35(25(17)31-22(18)14-36)26(38)32-23-8-21(19(9-27)10-29-23)28-11-20-15-39-16-30-20/h7-8,10,14-16H,2-6,11-13H2,1H3,(H2,28,29,32,38). The van der Waals surface area contributed by atoms with E-state index in [2.05, 4.69) is 31.7 Å². The van der Waals surface area contributed by atoms with Crippen LogP contribution in [-0.4, -0.2) is 76.2 Å². The Hall–Kier alpha value is -4.41. The van der Waals surface area contributed by atoms with E-state index in [4.69, 9.17) is 0 Å². The summed E-state index contributed by atoms with van der Waals surface area (Å²) >= 11 is 1.48. The molecule has 0 aromatic carbocycles. The molecule has 5 rings (SSSR count). The number of nitrogens with one attached hydrogen (secondary N) is 2. The number of fused-ring (bicyclic) bond motifs is 1. The fourth-order valence-corrected chi connectivity index (χ4v) is 5.19. The first-order valence-corrected chi connectivity index (χ1v) is 13.4. The van der Waals surface area contributed by atoms with E-state index in [1.165, 1.54) is 22.4 Å². The number of aryl methyl sites for hydroxylation is 1. The minimum atomic E-state index is -0.440. The number of hydrogen-bond acceptors (Lipinski definition) is 10. The molecule has 13 heteroatoms. The van der Waals surface area contributed by atoms with Crippen molar-refractivity contribution in [1.29, 1.82) is 5.26 Å². The highest BCUT2D eigenvalue weighted by atomic mass is 32.1. The SMILES string of the molecule is CN1CCN(Cc2cc3c(nc2C=O)N(C(=O)Nc2cc(NCc4cscn4)c(C#N)cn2)CCC3)C(=O)C1. The molecule has 39 heavy (non-hydrogen) atoms. The van der Waals surface area contributed by atoms with Crippen molar-refractivity contribution in [2.75, 3.05) is 48.8 Å². The van der Waals surface area contributed by atoms with Crippen LogP contribution in [0.2, 0.25) is 0 Å². The highest BCUT2D eigenvalue weighted by Gasteiger charge is 2.28. The number of nitriles is 1. The fraction of sp³-hybridized carbons (Fsp3) is 0.346. The van der Waals surface area contributed by atoms with Crippen molar-refractivity contribution in [3.8, 4) is 6.07 Å². The zero-order valence-electron chi connectivity index (χ0n) is 21.4. The maximum absolute atomic E-state index is 13.3. The summed E-state index contributed by atoms with van der Waals surface area (Å²) in [5.74, 6) is 0.701. The van der Waals surface area contributed by atoms with Crippen LogP contribution in [0.1, 0.15) is 39.3 Å². The second-order valence-corrected chi connectivity index (χ2v) is 10.2. The van der Waals surface area contributed by atoms with Gasteiger partial charge < -0.3 is 10.2 Å². The number of thiazole rings is 1. The van der Waals surface area contributed by atoms with Crippen molar-refractivity contribution in [3.05, 3.63) is 57.3 Å². The molecule has 200 valence electrons. The van der Waals surface area contributed by atoms with Crippen molar-refractivity contribution < 1.29 is 14.4 Å². The summed E-state index contributed by atoms with van der Waals surface area (Å²) in [5.41, 5.74) is 5.17. The number of amides is 3. The van der Waals surface area contributed by atoms with Crippen LogP contribution in [0.5, 0.6) is 0 Å². The maximum Gasteiger partial charge on any atom is 0.328 e. The third kappa shape index (κ3) is 5.87. The van der Waals surface area contributed by atoms with Crippen LogP contribution in [0.25, 0.3) is 0 Å². The molecule has 0 atom stereocenters. The van der Waals surface area contributed by atoms with Gasteiger partial charge in [-0.1, -0.05) is 0 Å². The van der Waals surface area contributed by atoms with E-state index < -0.39 is 6.03 Å². The number of pyridine rings is 2. The molecule has 1 fully saturated rings. The highest BCUT2D eigenvalue weighted by Crippen LogP contribution is 2.29. The predicted molar refractivity (Wildman–Crippen MR) is 146 cm³/mol. The minimum absolute atomic E-state index is 0.00897. The summed E-state index contributed by atoms with van der Waals surface area (Å²) in [4.78, 5) is 55.9. The lowest BCUT2D eigenvalue weighted by molar-refractivity contribution is -0.136. The molecule has 5 heterocycles. The second-order valence-electron chi connectivity index (χ2n) is 9.43. The number of likely N-dealkylation sites (N-methyl/N-ethyl adjacent to an activating group) is 1. The lowest BCUT2D eigenvalue weighted by Crippen LogP contribution is -2.48. The van der Waals surface area contributed by atoms with Crippen LogP contribution in [0.4, 0.5) is 22.1 Å². The van der Waals surface area contributed by atoms with Crippen molar-refractivity contribution in [2.45, 2.75) is 25.9 Å². The molecule has 1 saturated heterocycles. The Labute approximate surface area is 229 Å². The number of aromatic nitrogens is 3. The van der Waals surface area contributed by atoms with Gasteiger partial charge in [0.05, 0.1) is 35.5 Å². The Balaban J connectivity index is 1.33. The van der Waals surface area contributed by atoms with E-state index in [-0.39, 0.29) is 17.4 Å². The van der Waals surface area contributed by atoms with Gasteiger partial charge in [0.25, 0.3) is 0 Å². The van der Waals surface area contributed by atoms with Gasteiger partial charge >= 0.3 is 6.03 Å². The Kier molecular flexibility index (Phi) is 7.76. The van der Waals surface area contributed by atoms with Crippen LogP contribution in [0.3, 0.4) is 0 Å². The Morgan fingerprint density at radius 2 is 2.13 bits per heavy atom. The number of nitrogens with zero attached hydrogens (tertiary/aromatic N) is 7. The van der Waals surface area contributed by atoms with Gasteiger partial charge in [-0.3, -0.25) is 24.7 Å². The van der Waals surface area contributed by atoms with Gasteiger partial charge in [0.2, 0.25) is 5.91 Å². The number of rotatable bonds is 7. The molecule has 0 unspecified atom stereocenters. The molecule has 0 bridgehead atoms. The number of hydrogen-bond donors (Lipinski definition) is 2. The number of carbonyl (C=O) groups excluding carboxylic acids is 3. The molecule has 3 aromatic heterocycles. The fourth-order valence-electron chi connectivity index (χ4n) is 4.63. The van der Waals surface area contributed by atoms with Gasteiger partial charge in [-0.15, -0.1) is 11.3 Å². The molecule has 0 aliphatic carbocycles. The number of anilines is 3. The summed E-state index contributed by atoms with van der Waals surface area (Å²) in [6, 6.07) is 5.15. The number of aldehydes is 1. The Morgan fingerprint density at radius 1 is 1.26 bits per heavy atom. The molecule has 0 radical (unpaired) electrons. The summed E-state index contributed by atoms with van der Waals surface area (Å²) in [5, 5.41) is 17.3. The van der Waals surface area contributed by atoms with Gasteiger partial charge in [-0.25, -0.2) is 19.7 Å². The van der Waals surface area contributed by atoms with Gasteiger partial charge in [0.15, 0.2) is 6.29 Å². The van der Waals surface area contributed by atoms with Crippen molar-refractivity contribution in [1.82, 2.24) is 24.8 Å². The summed E-state index contributed by atoms with van der Waals surface area (Å²) in [7, 11) is 1.90. The Bertz CT molecular complexity index is 1440. The van der Waals surface area contributed by atoms with Crippen LogP contribution in [0, 0.1) is 11.3 Å². The van der Waals surface area contributed by atoms with Gasteiger partial charge in [-0.2, -0.15) is 5.26 Å². The normalized spacial score (nSPS) is 15.4. The van der Waals surface area contributed by atoms with Gasteiger partial charge in [0.1, 0.15) is 23.4 Å². The topological polar surface area (TPSA) is 147 Å². The third-order valence-electron chi connectivity index (χ3n) is 6.70. The summed E-state index contributed by atoms with van der Waals surface area (Å²) in [6.45, 7) is 2.84. The lowest BCUT2D eigenvalue weighted by Gasteiger charge is -2.33. The quantitative estimate of drug-likeness (QED) is 0.427. The molecule has 2 aliphatic heterocycles. The number of urea groups is 1. The molecule has 3 aromatic rings. The zero-order valence-corrected chi connectivity index (χ0v) is 22.2.